The molecule has 0 N–H and O–H groups in total. The minimum atomic E-state index is -3.31. The molecule has 0 radical (unpaired) electrons. The van der Waals surface area contributed by atoms with Gasteiger partial charge in [0.05, 0.1) is 12.4 Å². The number of fused-ring (bicyclic) bond motifs is 1. The van der Waals surface area contributed by atoms with Crippen molar-refractivity contribution < 1.29 is 21.1 Å². The summed E-state index contributed by atoms with van der Waals surface area (Å²) >= 11 is 0. The van der Waals surface area contributed by atoms with E-state index in [1.54, 1.807) is 0 Å². The third kappa shape index (κ3) is 8.09. The number of rotatable bonds is 12. The van der Waals surface area contributed by atoms with Gasteiger partial charge in [0, 0.05) is 29.2 Å². The van der Waals surface area contributed by atoms with Gasteiger partial charge >= 0.3 is 29.5 Å². The molecule has 342 valence electrons. The molecule has 2 aromatic heterocycles. The molecule has 8 heteroatoms. The third-order valence-corrected chi connectivity index (χ3v) is 17.9. The van der Waals surface area contributed by atoms with Crippen LogP contribution in [0.2, 0.25) is 0 Å². The zero-order chi connectivity index (χ0) is 46.4. The van der Waals surface area contributed by atoms with Crippen molar-refractivity contribution >= 4 is 41.5 Å². The van der Waals surface area contributed by atoms with E-state index < -0.39 is 8.40 Å². The molecular formula is C60H58N6PtSi. The molecule has 0 amide bonds. The van der Waals surface area contributed by atoms with Crippen molar-refractivity contribution in [2.75, 3.05) is 9.13 Å². The summed E-state index contributed by atoms with van der Waals surface area (Å²) in [6.45, 7) is 18.2. The van der Waals surface area contributed by atoms with Gasteiger partial charge in [-0.3, -0.25) is 9.36 Å². The minimum Gasteiger partial charge on any atom is -0.397 e. The molecule has 0 aliphatic carbocycles. The van der Waals surface area contributed by atoms with Crippen LogP contribution in [0.1, 0.15) is 101 Å². The summed E-state index contributed by atoms with van der Waals surface area (Å²) in [6.07, 6.45) is 8.40. The maximum Gasteiger partial charge on any atom is 2.00 e. The standard InChI is InChI=1S/C60H58N6Si.Pt/c1-41(2)53-29-19-30-54(42(3)4)59(53)45-37-61-63(39-45)48-23-18-24-50(35-48)66-58-36-49(64-40-46(38-62-64)60-55(43(5)6)31-20-32-56(60)44(7)8)33-34-57(58)65(47-21-12-9-13-22-47)67(66,51-25-14-10-15-26-51)52-27-16-11-17-28-52;/h9-34,37-44H,1-8H3;/q-2;+2. The van der Waals surface area contributed by atoms with Crippen LogP contribution in [0.15, 0.2) is 183 Å². The van der Waals surface area contributed by atoms with Crippen molar-refractivity contribution in [3.05, 3.63) is 217 Å². The van der Waals surface area contributed by atoms with E-state index in [1.807, 2.05) is 21.8 Å². The van der Waals surface area contributed by atoms with Gasteiger partial charge in [-0.25, -0.2) is 0 Å². The molecule has 0 saturated heterocycles. The van der Waals surface area contributed by atoms with Crippen molar-refractivity contribution in [3.8, 4) is 33.6 Å². The molecule has 9 aromatic rings. The van der Waals surface area contributed by atoms with Gasteiger partial charge in [0.15, 0.2) is 0 Å². The SMILES string of the molecule is CC(C)c1cccc(C(C)C)c1-c1cnn(-c2[c-]c(N3c4[c-]c(-n5cc(-c6c(C(C)C)cccc6C(C)C)cn5)ccc4N(c4ccccc4)[Si]3(c3ccccc3)c3ccccc3)ccc2)c1.[Pt+2]. The van der Waals surface area contributed by atoms with Gasteiger partial charge in [-0.1, -0.05) is 188 Å². The zero-order valence-electron chi connectivity index (χ0n) is 40.1. The Balaban J connectivity index is 0.00000578. The van der Waals surface area contributed by atoms with Gasteiger partial charge in [0.25, 0.3) is 0 Å². The quantitative estimate of drug-likeness (QED) is 0.0903. The first kappa shape index (κ1) is 46.6. The summed E-state index contributed by atoms with van der Waals surface area (Å²) in [5.74, 6) is 1.46. The Hall–Kier alpha value is -6.53. The number of hydrogen-bond acceptors (Lipinski definition) is 4. The van der Waals surface area contributed by atoms with Crippen molar-refractivity contribution in [3.63, 3.8) is 0 Å². The Morgan fingerprint density at radius 2 is 0.824 bits per heavy atom. The predicted octanol–water partition coefficient (Wildman–Crippen LogP) is 14.0. The number of anilines is 4. The predicted molar refractivity (Wildman–Crippen MR) is 281 cm³/mol. The largest absolute Gasteiger partial charge is 2.00 e. The summed E-state index contributed by atoms with van der Waals surface area (Å²) in [7, 11) is -3.31. The fourth-order valence-corrected chi connectivity index (χ4v) is 15.2. The molecule has 6 nitrogen and oxygen atoms in total. The Labute approximate surface area is 418 Å². The van der Waals surface area contributed by atoms with E-state index in [9.17, 15) is 0 Å². The van der Waals surface area contributed by atoms with Crippen LogP contribution in [-0.4, -0.2) is 28.0 Å². The maximum absolute atomic E-state index is 5.08. The molecule has 0 bridgehead atoms. The van der Waals surface area contributed by atoms with Gasteiger partial charge in [-0.2, -0.15) is 16.3 Å². The average molecular weight is 1090 g/mol. The second-order valence-corrected chi connectivity index (χ2v) is 22.4. The van der Waals surface area contributed by atoms with Crippen molar-refractivity contribution in [1.29, 1.82) is 0 Å². The maximum atomic E-state index is 5.08. The fraction of sp³-hybridized carbons (Fsp3) is 0.200. The Bertz CT molecular complexity index is 3080. The summed E-state index contributed by atoms with van der Waals surface area (Å²) in [4.78, 5) is 0. The molecule has 1 aliphatic heterocycles. The first-order valence-corrected chi connectivity index (χ1v) is 25.7. The Kier molecular flexibility index (Phi) is 13.2. The van der Waals surface area contributed by atoms with Crippen molar-refractivity contribution in [2.45, 2.75) is 79.1 Å². The molecule has 0 spiro atoms. The van der Waals surface area contributed by atoms with E-state index in [2.05, 4.69) is 247 Å². The number of hydrogen-bond donors (Lipinski definition) is 0. The van der Waals surface area contributed by atoms with E-state index in [4.69, 9.17) is 10.2 Å². The molecule has 1 aliphatic rings. The molecular weight excluding hydrogens is 1030 g/mol. The molecule has 0 unspecified atom stereocenters. The van der Waals surface area contributed by atoms with Crippen LogP contribution in [0.3, 0.4) is 0 Å². The zero-order valence-corrected chi connectivity index (χ0v) is 43.4. The van der Waals surface area contributed by atoms with Crippen LogP contribution >= 0.6 is 0 Å². The summed E-state index contributed by atoms with van der Waals surface area (Å²) < 4.78 is 9.17. The van der Waals surface area contributed by atoms with Crippen LogP contribution in [0, 0.1) is 12.1 Å². The summed E-state index contributed by atoms with van der Waals surface area (Å²) in [5.41, 5.74) is 15.9. The van der Waals surface area contributed by atoms with Crippen molar-refractivity contribution in [1.82, 2.24) is 19.6 Å². The van der Waals surface area contributed by atoms with Gasteiger partial charge in [-0.15, -0.1) is 36.4 Å². The van der Waals surface area contributed by atoms with Crippen LogP contribution in [0.5, 0.6) is 0 Å². The van der Waals surface area contributed by atoms with E-state index in [0.29, 0.717) is 23.7 Å². The summed E-state index contributed by atoms with van der Waals surface area (Å²) in [5, 5.41) is 12.6. The molecule has 0 saturated carbocycles. The first-order chi connectivity index (χ1) is 32.6. The number of para-hydroxylation sites is 1. The van der Waals surface area contributed by atoms with Crippen molar-refractivity contribution in [2.24, 2.45) is 0 Å². The number of nitrogens with zero attached hydrogens (tertiary/aromatic N) is 6. The first-order valence-electron chi connectivity index (χ1n) is 23.8. The van der Waals surface area contributed by atoms with Gasteiger partial charge in [-0.05, 0) is 90.9 Å². The summed E-state index contributed by atoms with van der Waals surface area (Å²) in [6, 6.07) is 65.3. The molecule has 68 heavy (non-hydrogen) atoms. The van der Waals surface area contributed by atoms with E-state index in [-0.39, 0.29) is 21.1 Å². The molecule has 7 aromatic carbocycles. The number of benzene rings is 7. The minimum absolute atomic E-state index is 0. The fourth-order valence-electron chi connectivity index (χ4n) is 10.3. The topological polar surface area (TPSA) is 42.1 Å². The van der Waals surface area contributed by atoms with Gasteiger partial charge < -0.3 is 9.13 Å². The normalized spacial score (nSPS) is 13.2. The van der Waals surface area contributed by atoms with E-state index >= 15 is 0 Å². The van der Waals surface area contributed by atoms with E-state index in [1.165, 1.54) is 43.8 Å². The second kappa shape index (κ2) is 19.2. The monoisotopic (exact) mass is 1090 g/mol. The van der Waals surface area contributed by atoms with Crippen LogP contribution in [0.25, 0.3) is 33.6 Å². The molecule has 0 fully saturated rings. The smallest absolute Gasteiger partial charge is 0.397 e. The molecule has 10 rings (SSSR count). The number of aromatic nitrogens is 4. The molecule has 0 atom stereocenters. The van der Waals surface area contributed by atoms with Crippen LogP contribution in [0.4, 0.5) is 22.7 Å². The van der Waals surface area contributed by atoms with Gasteiger partial charge in [0.1, 0.15) is 0 Å². The third-order valence-electron chi connectivity index (χ3n) is 13.4. The Morgan fingerprint density at radius 3 is 1.28 bits per heavy atom. The van der Waals surface area contributed by atoms with E-state index in [0.717, 1.165) is 45.3 Å². The van der Waals surface area contributed by atoms with Crippen LogP contribution < -0.4 is 19.5 Å². The average Bonchev–Trinajstić information content (AvgIpc) is 4.12. The molecule has 3 heterocycles. The Morgan fingerprint density at radius 1 is 0.412 bits per heavy atom. The van der Waals surface area contributed by atoms with Gasteiger partial charge in [0.2, 0.25) is 0 Å². The van der Waals surface area contributed by atoms with Crippen LogP contribution in [-0.2, 0) is 21.1 Å². The second-order valence-electron chi connectivity index (χ2n) is 19.0.